The summed E-state index contributed by atoms with van der Waals surface area (Å²) in [7, 11) is 1.87. The van der Waals surface area contributed by atoms with Crippen LogP contribution < -0.4 is 5.32 Å². The fourth-order valence-corrected chi connectivity index (χ4v) is 2.57. The Morgan fingerprint density at radius 2 is 1.65 bits per heavy atom. The largest absolute Gasteiger partial charge is 0.316 e. The van der Waals surface area contributed by atoms with Gasteiger partial charge in [0.1, 0.15) is 5.82 Å². The van der Waals surface area contributed by atoms with Gasteiger partial charge >= 0.3 is 0 Å². The molecule has 106 valence electrons. The first-order valence-electron chi connectivity index (χ1n) is 6.45. The molecule has 0 saturated heterocycles. The summed E-state index contributed by atoms with van der Waals surface area (Å²) in [6.07, 6.45) is 1.30. The summed E-state index contributed by atoms with van der Waals surface area (Å²) in [5.41, 5.74) is 1.67. The standard InChI is InChI=1S/C16H16Cl2FN/c1-20-13(9-11-5-2-3-8-15(11)19)10-12-6-4-7-14(17)16(12)18/h2-8,13,20H,9-10H2,1H3. The summed E-state index contributed by atoms with van der Waals surface area (Å²) in [4.78, 5) is 0. The SMILES string of the molecule is CNC(Cc1ccccc1F)Cc1cccc(Cl)c1Cl. The van der Waals surface area contributed by atoms with Crippen LogP contribution in [0.4, 0.5) is 4.39 Å². The van der Waals surface area contributed by atoms with Gasteiger partial charge in [-0.15, -0.1) is 0 Å². The van der Waals surface area contributed by atoms with Crippen LogP contribution in [0.1, 0.15) is 11.1 Å². The average Bonchev–Trinajstić information content (AvgIpc) is 2.45. The first-order valence-corrected chi connectivity index (χ1v) is 7.21. The van der Waals surface area contributed by atoms with E-state index in [4.69, 9.17) is 23.2 Å². The fourth-order valence-electron chi connectivity index (χ4n) is 2.18. The number of hydrogen-bond acceptors (Lipinski definition) is 1. The van der Waals surface area contributed by atoms with Crippen LogP contribution in [0.3, 0.4) is 0 Å². The summed E-state index contributed by atoms with van der Waals surface area (Å²) in [6.45, 7) is 0. The molecule has 1 N–H and O–H groups in total. The Kier molecular flexibility index (Phi) is 5.41. The van der Waals surface area contributed by atoms with Gasteiger partial charge in [0.05, 0.1) is 10.0 Å². The van der Waals surface area contributed by atoms with Gasteiger partial charge in [-0.25, -0.2) is 4.39 Å². The molecule has 2 rings (SSSR count). The van der Waals surface area contributed by atoms with Crippen LogP contribution in [0, 0.1) is 5.82 Å². The zero-order chi connectivity index (χ0) is 14.5. The molecule has 0 aromatic heterocycles. The highest BCUT2D eigenvalue weighted by atomic mass is 35.5. The molecule has 1 unspecified atom stereocenters. The molecule has 0 saturated carbocycles. The van der Waals surface area contributed by atoms with Crippen LogP contribution in [0.15, 0.2) is 42.5 Å². The van der Waals surface area contributed by atoms with Crippen molar-refractivity contribution in [2.75, 3.05) is 7.05 Å². The summed E-state index contributed by atoms with van der Waals surface area (Å²) in [5, 5.41) is 4.32. The minimum absolute atomic E-state index is 0.0999. The third kappa shape index (κ3) is 3.72. The molecule has 0 aliphatic heterocycles. The Labute approximate surface area is 128 Å². The van der Waals surface area contributed by atoms with E-state index in [-0.39, 0.29) is 11.9 Å². The van der Waals surface area contributed by atoms with Crippen molar-refractivity contribution in [2.24, 2.45) is 0 Å². The van der Waals surface area contributed by atoms with Crippen molar-refractivity contribution in [1.82, 2.24) is 5.32 Å². The fraction of sp³-hybridized carbons (Fsp3) is 0.250. The second kappa shape index (κ2) is 7.07. The van der Waals surface area contributed by atoms with Crippen LogP contribution in [-0.2, 0) is 12.8 Å². The molecule has 1 nitrogen and oxygen atoms in total. The van der Waals surface area contributed by atoms with Gasteiger partial charge in [-0.3, -0.25) is 0 Å². The van der Waals surface area contributed by atoms with Crippen LogP contribution in [-0.4, -0.2) is 13.1 Å². The first-order chi connectivity index (χ1) is 9.61. The van der Waals surface area contributed by atoms with Crippen LogP contribution >= 0.6 is 23.2 Å². The van der Waals surface area contributed by atoms with Crippen LogP contribution in [0.25, 0.3) is 0 Å². The van der Waals surface area contributed by atoms with Crippen molar-refractivity contribution < 1.29 is 4.39 Å². The zero-order valence-electron chi connectivity index (χ0n) is 11.2. The maximum absolute atomic E-state index is 13.7. The smallest absolute Gasteiger partial charge is 0.126 e. The van der Waals surface area contributed by atoms with Gasteiger partial charge in [0, 0.05) is 6.04 Å². The van der Waals surface area contributed by atoms with E-state index in [2.05, 4.69) is 5.32 Å². The molecule has 0 aliphatic rings. The van der Waals surface area contributed by atoms with Gasteiger partial charge in [-0.05, 0) is 43.1 Å². The number of nitrogens with one attached hydrogen (secondary N) is 1. The Bertz CT molecular complexity index is 586. The minimum atomic E-state index is -0.176. The lowest BCUT2D eigenvalue weighted by molar-refractivity contribution is 0.532. The number of hydrogen-bond donors (Lipinski definition) is 1. The molecule has 0 bridgehead atoms. The molecule has 0 spiro atoms. The van der Waals surface area contributed by atoms with Gasteiger partial charge in [-0.2, -0.15) is 0 Å². The first kappa shape index (κ1) is 15.3. The number of benzene rings is 2. The molecule has 2 aromatic rings. The summed E-state index contributed by atoms with van der Waals surface area (Å²) in [6, 6.07) is 12.5. The summed E-state index contributed by atoms with van der Waals surface area (Å²) >= 11 is 12.2. The maximum Gasteiger partial charge on any atom is 0.126 e. The number of rotatable bonds is 5. The van der Waals surface area contributed by atoms with Gasteiger partial charge in [0.2, 0.25) is 0 Å². The molecular formula is C16H16Cl2FN. The number of halogens is 3. The predicted molar refractivity (Wildman–Crippen MR) is 83.1 cm³/mol. The molecule has 0 amide bonds. The highest BCUT2D eigenvalue weighted by molar-refractivity contribution is 6.42. The van der Waals surface area contributed by atoms with E-state index in [1.807, 2.05) is 25.2 Å². The van der Waals surface area contributed by atoms with Crippen LogP contribution in [0.5, 0.6) is 0 Å². The van der Waals surface area contributed by atoms with E-state index in [1.165, 1.54) is 6.07 Å². The third-order valence-corrected chi connectivity index (χ3v) is 4.19. The average molecular weight is 312 g/mol. The van der Waals surface area contributed by atoms with E-state index < -0.39 is 0 Å². The molecule has 4 heteroatoms. The normalized spacial score (nSPS) is 12.4. The van der Waals surface area contributed by atoms with Crippen molar-refractivity contribution in [3.63, 3.8) is 0 Å². The molecule has 1 atom stereocenters. The molecule has 0 fully saturated rings. The third-order valence-electron chi connectivity index (χ3n) is 3.33. The second-order valence-electron chi connectivity index (χ2n) is 4.70. The second-order valence-corrected chi connectivity index (χ2v) is 5.48. The lowest BCUT2D eigenvalue weighted by atomic mass is 9.99. The Balaban J connectivity index is 2.14. The Morgan fingerprint density at radius 1 is 1.00 bits per heavy atom. The highest BCUT2D eigenvalue weighted by Gasteiger charge is 2.13. The predicted octanol–water partition coefficient (Wildman–Crippen LogP) is 4.51. The molecule has 20 heavy (non-hydrogen) atoms. The van der Waals surface area contributed by atoms with Crippen molar-refractivity contribution in [1.29, 1.82) is 0 Å². The van der Waals surface area contributed by atoms with Crippen LogP contribution in [0.2, 0.25) is 10.0 Å². The monoisotopic (exact) mass is 311 g/mol. The Hall–Kier alpha value is -1.09. The summed E-state index contributed by atoms with van der Waals surface area (Å²) < 4.78 is 13.7. The van der Waals surface area contributed by atoms with Crippen molar-refractivity contribution in [3.05, 3.63) is 69.5 Å². The van der Waals surface area contributed by atoms with Crippen molar-refractivity contribution >= 4 is 23.2 Å². The quantitative estimate of drug-likeness (QED) is 0.857. The lowest BCUT2D eigenvalue weighted by Crippen LogP contribution is -2.30. The topological polar surface area (TPSA) is 12.0 Å². The van der Waals surface area contributed by atoms with Gasteiger partial charge < -0.3 is 5.32 Å². The lowest BCUT2D eigenvalue weighted by Gasteiger charge is -2.18. The van der Waals surface area contributed by atoms with Gasteiger partial charge in [0.25, 0.3) is 0 Å². The van der Waals surface area contributed by atoms with E-state index in [0.717, 1.165) is 5.56 Å². The maximum atomic E-state index is 13.7. The minimum Gasteiger partial charge on any atom is -0.316 e. The zero-order valence-corrected chi connectivity index (χ0v) is 12.7. The number of likely N-dealkylation sites (N-methyl/N-ethyl adjacent to an activating group) is 1. The Morgan fingerprint density at radius 3 is 2.35 bits per heavy atom. The molecule has 0 heterocycles. The molecular weight excluding hydrogens is 296 g/mol. The molecule has 0 aliphatic carbocycles. The van der Waals surface area contributed by atoms with E-state index >= 15 is 0 Å². The van der Waals surface area contributed by atoms with E-state index in [9.17, 15) is 4.39 Å². The van der Waals surface area contributed by atoms with Crippen molar-refractivity contribution in [2.45, 2.75) is 18.9 Å². The van der Waals surface area contributed by atoms with Crippen molar-refractivity contribution in [3.8, 4) is 0 Å². The van der Waals surface area contributed by atoms with E-state index in [0.29, 0.717) is 28.5 Å². The molecule has 2 aromatic carbocycles. The summed E-state index contributed by atoms with van der Waals surface area (Å²) in [5.74, 6) is -0.176. The van der Waals surface area contributed by atoms with Gasteiger partial charge in [0.15, 0.2) is 0 Å². The molecule has 0 radical (unpaired) electrons. The van der Waals surface area contributed by atoms with E-state index in [1.54, 1.807) is 18.2 Å². The highest BCUT2D eigenvalue weighted by Crippen LogP contribution is 2.26. The van der Waals surface area contributed by atoms with Gasteiger partial charge in [-0.1, -0.05) is 53.5 Å².